The van der Waals surface area contributed by atoms with Crippen molar-refractivity contribution in [1.82, 2.24) is 14.8 Å². The molecule has 190 valence electrons. The first kappa shape index (κ1) is 25.5. The standard InChI is InChI=1S/C33H28N6/c1-3-22(19-34)14-28-17-25(21-36)18-29-16-24(20-35)13-12-23-8-7-10-27(15-23)32-37-38-33(39(32)31(28)29)30-11-6-5-9-26(30)4-2/h3-13,15,17-20,22,24,34-35H,1-2,14,16H2. The van der Waals surface area contributed by atoms with Gasteiger partial charge >= 0.3 is 0 Å². The lowest BCUT2D eigenvalue weighted by Crippen LogP contribution is -2.14. The normalized spacial score (nSPS) is 14.6. The number of nitriles is 1. The average Bonchev–Trinajstić information content (AvgIpc) is 3.41. The van der Waals surface area contributed by atoms with Gasteiger partial charge in [0.2, 0.25) is 0 Å². The molecule has 0 saturated carbocycles. The molecule has 0 saturated heterocycles. The van der Waals surface area contributed by atoms with Crippen LogP contribution in [-0.2, 0) is 12.8 Å². The number of nitrogens with zero attached hydrogens (tertiary/aromatic N) is 4. The summed E-state index contributed by atoms with van der Waals surface area (Å²) in [7, 11) is 0. The van der Waals surface area contributed by atoms with Crippen molar-refractivity contribution < 1.29 is 0 Å². The van der Waals surface area contributed by atoms with Crippen LogP contribution >= 0.6 is 0 Å². The van der Waals surface area contributed by atoms with Crippen LogP contribution in [0.1, 0.15) is 27.8 Å². The quantitative estimate of drug-likeness (QED) is 0.209. The minimum absolute atomic E-state index is 0.186. The van der Waals surface area contributed by atoms with Gasteiger partial charge < -0.3 is 10.8 Å². The molecule has 0 fully saturated rings. The van der Waals surface area contributed by atoms with Crippen LogP contribution in [0.2, 0.25) is 0 Å². The summed E-state index contributed by atoms with van der Waals surface area (Å²) in [5, 5.41) is 35.5. The van der Waals surface area contributed by atoms with E-state index in [1.807, 2.05) is 66.7 Å². The van der Waals surface area contributed by atoms with Gasteiger partial charge in [-0.1, -0.05) is 73.3 Å². The maximum atomic E-state index is 9.94. The van der Waals surface area contributed by atoms with Gasteiger partial charge in [-0.3, -0.25) is 4.57 Å². The average molecular weight is 509 g/mol. The molecule has 2 atom stereocenters. The van der Waals surface area contributed by atoms with Crippen molar-refractivity contribution in [3.63, 3.8) is 0 Å². The Morgan fingerprint density at radius 1 is 1.05 bits per heavy atom. The van der Waals surface area contributed by atoms with E-state index in [4.69, 9.17) is 21.0 Å². The van der Waals surface area contributed by atoms with Gasteiger partial charge in [-0.2, -0.15) is 5.26 Å². The molecule has 2 heterocycles. The largest absolute Gasteiger partial charge is 0.312 e. The first-order valence-corrected chi connectivity index (χ1v) is 12.8. The van der Waals surface area contributed by atoms with Crippen molar-refractivity contribution in [1.29, 1.82) is 16.1 Å². The predicted octanol–water partition coefficient (Wildman–Crippen LogP) is 6.95. The first-order valence-electron chi connectivity index (χ1n) is 12.8. The Balaban J connectivity index is 1.93. The molecule has 1 aliphatic rings. The summed E-state index contributed by atoms with van der Waals surface area (Å²) in [6, 6.07) is 22.1. The van der Waals surface area contributed by atoms with Crippen LogP contribution in [0.4, 0.5) is 0 Å². The Kier molecular flexibility index (Phi) is 7.24. The summed E-state index contributed by atoms with van der Waals surface area (Å²) in [6.45, 7) is 7.93. The summed E-state index contributed by atoms with van der Waals surface area (Å²) in [6.07, 6.45) is 11.4. The van der Waals surface area contributed by atoms with Gasteiger partial charge in [-0.25, -0.2) is 0 Å². The molecular formula is C33H28N6. The molecule has 0 radical (unpaired) electrons. The van der Waals surface area contributed by atoms with Crippen LogP contribution in [0.3, 0.4) is 0 Å². The van der Waals surface area contributed by atoms with Crippen LogP contribution in [0.5, 0.6) is 0 Å². The molecule has 6 heteroatoms. The minimum Gasteiger partial charge on any atom is -0.312 e. The van der Waals surface area contributed by atoms with Crippen molar-refractivity contribution >= 4 is 24.6 Å². The van der Waals surface area contributed by atoms with Crippen LogP contribution in [0.25, 0.3) is 40.6 Å². The molecule has 6 nitrogen and oxygen atoms in total. The molecule has 2 bridgehead atoms. The van der Waals surface area contributed by atoms with E-state index in [2.05, 4.69) is 29.9 Å². The van der Waals surface area contributed by atoms with Gasteiger partial charge in [0.25, 0.3) is 0 Å². The van der Waals surface area contributed by atoms with Crippen molar-refractivity contribution in [2.45, 2.75) is 12.8 Å². The Hall–Kier alpha value is -5.15. The Morgan fingerprint density at radius 3 is 2.62 bits per heavy atom. The molecule has 0 aliphatic carbocycles. The summed E-state index contributed by atoms with van der Waals surface area (Å²) in [5.41, 5.74) is 6.90. The van der Waals surface area contributed by atoms with Gasteiger partial charge in [0.05, 0.1) is 17.3 Å². The number of benzene rings is 3. The summed E-state index contributed by atoms with van der Waals surface area (Å²) >= 11 is 0. The lowest BCUT2D eigenvalue weighted by atomic mass is 9.90. The van der Waals surface area contributed by atoms with Crippen molar-refractivity contribution in [3.8, 4) is 34.5 Å². The van der Waals surface area contributed by atoms with Gasteiger partial charge in [0.15, 0.2) is 11.6 Å². The molecule has 1 aliphatic heterocycles. The zero-order chi connectivity index (χ0) is 27.4. The lowest BCUT2D eigenvalue weighted by molar-refractivity contribution is 0.820. The zero-order valence-electron chi connectivity index (χ0n) is 21.5. The van der Waals surface area contributed by atoms with Crippen LogP contribution in [0.15, 0.2) is 86.0 Å². The molecule has 5 rings (SSSR count). The smallest absolute Gasteiger partial charge is 0.169 e. The van der Waals surface area contributed by atoms with Gasteiger partial charge in [-0.15, -0.1) is 16.8 Å². The fourth-order valence-corrected chi connectivity index (χ4v) is 5.08. The van der Waals surface area contributed by atoms with Gasteiger partial charge in [0, 0.05) is 35.4 Å². The Bertz CT molecular complexity index is 1660. The number of rotatable bonds is 7. The number of hydrogen-bond acceptors (Lipinski definition) is 5. The molecule has 2 unspecified atom stereocenters. The lowest BCUT2D eigenvalue weighted by Gasteiger charge is -2.22. The minimum atomic E-state index is -0.216. The van der Waals surface area contributed by atoms with Gasteiger partial charge in [-0.05, 0) is 53.3 Å². The monoisotopic (exact) mass is 508 g/mol. The number of fused-ring (bicyclic) bond motifs is 6. The highest BCUT2D eigenvalue weighted by Crippen LogP contribution is 2.36. The van der Waals surface area contributed by atoms with E-state index < -0.39 is 0 Å². The van der Waals surface area contributed by atoms with E-state index in [1.165, 1.54) is 12.4 Å². The maximum absolute atomic E-state index is 9.94. The van der Waals surface area contributed by atoms with Crippen molar-refractivity contribution in [3.05, 3.63) is 114 Å². The molecule has 1 aromatic heterocycles. The van der Waals surface area contributed by atoms with E-state index in [-0.39, 0.29) is 11.8 Å². The number of aromatic nitrogens is 3. The van der Waals surface area contributed by atoms with Crippen molar-refractivity contribution in [2.24, 2.45) is 11.8 Å². The molecule has 0 amide bonds. The number of hydrogen-bond donors (Lipinski definition) is 2. The molecule has 3 aromatic carbocycles. The first-order chi connectivity index (χ1) is 19.1. The second-order valence-electron chi connectivity index (χ2n) is 9.52. The van der Waals surface area contributed by atoms with Crippen molar-refractivity contribution in [2.75, 3.05) is 0 Å². The Morgan fingerprint density at radius 2 is 1.87 bits per heavy atom. The molecule has 39 heavy (non-hydrogen) atoms. The maximum Gasteiger partial charge on any atom is 0.169 e. The summed E-state index contributed by atoms with van der Waals surface area (Å²) in [4.78, 5) is 0. The second kappa shape index (κ2) is 11.1. The SMILES string of the molecule is C=Cc1ccccc1-c1nnc2n1-c1c(CC(C=C)C=N)cc(C#N)cc1CC(C=N)C=Cc1cccc-2c1. The summed E-state index contributed by atoms with van der Waals surface area (Å²) in [5.74, 6) is 0.923. The predicted molar refractivity (Wildman–Crippen MR) is 158 cm³/mol. The fraction of sp³-hybridized carbons (Fsp3) is 0.121. The number of allylic oxidation sites excluding steroid dienone is 2. The van der Waals surface area contributed by atoms with E-state index in [9.17, 15) is 5.26 Å². The molecule has 0 spiro atoms. The Labute approximate surface area is 228 Å². The van der Waals surface area contributed by atoms with E-state index in [1.54, 1.807) is 12.2 Å². The third-order valence-electron chi connectivity index (χ3n) is 7.03. The van der Waals surface area contributed by atoms with Gasteiger partial charge in [0.1, 0.15) is 0 Å². The molecular weight excluding hydrogens is 480 g/mol. The highest BCUT2D eigenvalue weighted by atomic mass is 15.3. The highest BCUT2D eigenvalue weighted by molar-refractivity contribution is 5.77. The van der Waals surface area contributed by atoms with Crippen LogP contribution < -0.4 is 0 Å². The zero-order valence-corrected chi connectivity index (χ0v) is 21.5. The second-order valence-corrected chi connectivity index (χ2v) is 9.52. The van der Waals surface area contributed by atoms with E-state index in [0.717, 1.165) is 39.1 Å². The number of nitrogens with one attached hydrogen (secondary N) is 2. The highest BCUT2D eigenvalue weighted by Gasteiger charge is 2.25. The third-order valence-corrected chi connectivity index (χ3v) is 7.03. The molecule has 2 N–H and O–H groups in total. The fourth-order valence-electron chi connectivity index (χ4n) is 5.08. The van der Waals surface area contributed by atoms with Crippen LogP contribution in [0, 0.1) is 34.0 Å². The third kappa shape index (κ3) is 4.90. The van der Waals surface area contributed by atoms with E-state index in [0.29, 0.717) is 30.1 Å². The molecule has 4 aromatic rings. The summed E-state index contributed by atoms with van der Waals surface area (Å²) < 4.78 is 2.07. The van der Waals surface area contributed by atoms with E-state index >= 15 is 0 Å². The topological polar surface area (TPSA) is 102 Å². The van der Waals surface area contributed by atoms with Crippen LogP contribution in [-0.4, -0.2) is 27.2 Å².